The Morgan fingerprint density at radius 3 is 2.90 bits per heavy atom. The molecular formula is C18H29NO. The zero-order valence-electron chi connectivity index (χ0n) is 13.2. The number of rotatable bonds is 8. The second-order valence-electron chi connectivity index (χ2n) is 5.93. The van der Waals surface area contributed by atoms with E-state index in [2.05, 4.69) is 37.4 Å². The van der Waals surface area contributed by atoms with Gasteiger partial charge in [0.25, 0.3) is 0 Å². The molecule has 0 amide bonds. The van der Waals surface area contributed by atoms with Crippen LogP contribution in [-0.2, 0) is 6.42 Å². The van der Waals surface area contributed by atoms with Crippen LogP contribution in [0, 0.1) is 5.92 Å². The highest BCUT2D eigenvalue weighted by Crippen LogP contribution is 2.36. The van der Waals surface area contributed by atoms with E-state index in [1.165, 1.54) is 43.2 Å². The SMILES string of the molecule is CCCCC(CC)COc1cccc2c1CCC2NC. The lowest BCUT2D eigenvalue weighted by Gasteiger charge is -2.18. The van der Waals surface area contributed by atoms with Crippen LogP contribution in [0.25, 0.3) is 0 Å². The van der Waals surface area contributed by atoms with Crippen molar-refractivity contribution in [3.63, 3.8) is 0 Å². The van der Waals surface area contributed by atoms with E-state index >= 15 is 0 Å². The van der Waals surface area contributed by atoms with E-state index in [1.54, 1.807) is 0 Å². The molecule has 2 rings (SSSR count). The van der Waals surface area contributed by atoms with Crippen molar-refractivity contribution in [1.82, 2.24) is 5.32 Å². The molecule has 0 spiro atoms. The van der Waals surface area contributed by atoms with E-state index in [1.807, 2.05) is 7.05 Å². The van der Waals surface area contributed by atoms with Gasteiger partial charge < -0.3 is 10.1 Å². The highest BCUT2D eigenvalue weighted by molar-refractivity contribution is 5.45. The van der Waals surface area contributed by atoms with Gasteiger partial charge in [-0.1, -0.05) is 45.2 Å². The normalized spacial score (nSPS) is 18.9. The summed E-state index contributed by atoms with van der Waals surface area (Å²) in [7, 11) is 2.05. The highest BCUT2D eigenvalue weighted by Gasteiger charge is 2.24. The molecule has 1 aromatic carbocycles. The first-order chi connectivity index (χ1) is 9.80. The molecule has 0 saturated carbocycles. The van der Waals surface area contributed by atoms with Gasteiger partial charge in [0, 0.05) is 6.04 Å². The predicted octanol–water partition coefficient (Wildman–Crippen LogP) is 4.49. The zero-order chi connectivity index (χ0) is 14.4. The maximum atomic E-state index is 6.16. The summed E-state index contributed by atoms with van der Waals surface area (Å²) in [5, 5.41) is 3.40. The molecule has 0 heterocycles. The average molecular weight is 275 g/mol. The molecule has 2 atom stereocenters. The van der Waals surface area contributed by atoms with Crippen LogP contribution in [-0.4, -0.2) is 13.7 Å². The molecule has 112 valence electrons. The van der Waals surface area contributed by atoms with Gasteiger partial charge in [-0.2, -0.15) is 0 Å². The molecular weight excluding hydrogens is 246 g/mol. The van der Waals surface area contributed by atoms with Crippen molar-refractivity contribution in [3.05, 3.63) is 29.3 Å². The topological polar surface area (TPSA) is 21.3 Å². The number of hydrogen-bond acceptors (Lipinski definition) is 2. The summed E-state index contributed by atoms with van der Waals surface area (Å²) in [6.07, 6.45) is 7.44. The third-order valence-corrected chi connectivity index (χ3v) is 4.59. The van der Waals surface area contributed by atoms with E-state index in [0.717, 1.165) is 18.8 Å². The van der Waals surface area contributed by atoms with Crippen LogP contribution in [0.2, 0.25) is 0 Å². The number of ether oxygens (including phenoxy) is 1. The van der Waals surface area contributed by atoms with Crippen molar-refractivity contribution in [3.8, 4) is 5.75 Å². The summed E-state index contributed by atoms with van der Waals surface area (Å²) < 4.78 is 6.16. The molecule has 2 heteroatoms. The minimum atomic E-state index is 0.510. The molecule has 2 unspecified atom stereocenters. The largest absolute Gasteiger partial charge is 0.493 e. The van der Waals surface area contributed by atoms with Gasteiger partial charge in [-0.15, -0.1) is 0 Å². The average Bonchev–Trinajstić information content (AvgIpc) is 2.91. The zero-order valence-corrected chi connectivity index (χ0v) is 13.2. The van der Waals surface area contributed by atoms with E-state index in [-0.39, 0.29) is 0 Å². The minimum absolute atomic E-state index is 0.510. The quantitative estimate of drug-likeness (QED) is 0.755. The third kappa shape index (κ3) is 3.54. The molecule has 1 aliphatic rings. The second kappa shape index (κ2) is 7.68. The first kappa shape index (κ1) is 15.4. The van der Waals surface area contributed by atoms with Crippen LogP contribution >= 0.6 is 0 Å². The predicted molar refractivity (Wildman–Crippen MR) is 85.4 cm³/mol. The third-order valence-electron chi connectivity index (χ3n) is 4.59. The van der Waals surface area contributed by atoms with Crippen molar-refractivity contribution in [1.29, 1.82) is 0 Å². The molecule has 1 aliphatic carbocycles. The maximum Gasteiger partial charge on any atom is 0.122 e. The lowest BCUT2D eigenvalue weighted by atomic mass is 10.0. The summed E-state index contributed by atoms with van der Waals surface area (Å²) in [5.74, 6) is 1.82. The first-order valence-corrected chi connectivity index (χ1v) is 8.21. The Labute approximate surface area is 123 Å². The minimum Gasteiger partial charge on any atom is -0.493 e. The van der Waals surface area contributed by atoms with E-state index in [9.17, 15) is 0 Å². The van der Waals surface area contributed by atoms with Crippen molar-refractivity contribution in [2.24, 2.45) is 5.92 Å². The van der Waals surface area contributed by atoms with Crippen molar-refractivity contribution in [2.75, 3.05) is 13.7 Å². The van der Waals surface area contributed by atoms with Crippen LogP contribution in [0.15, 0.2) is 18.2 Å². The first-order valence-electron chi connectivity index (χ1n) is 8.21. The standard InChI is InChI=1S/C18H29NO/c1-4-6-8-14(5-2)13-20-18-10-7-9-15-16(18)11-12-17(15)19-3/h7,9-10,14,17,19H,4-6,8,11-13H2,1-3H3. The number of nitrogens with one attached hydrogen (secondary N) is 1. The molecule has 1 aromatic rings. The van der Waals surface area contributed by atoms with E-state index in [4.69, 9.17) is 4.74 Å². The fraction of sp³-hybridized carbons (Fsp3) is 0.667. The second-order valence-corrected chi connectivity index (χ2v) is 5.93. The van der Waals surface area contributed by atoms with Crippen LogP contribution in [0.1, 0.15) is 63.1 Å². The van der Waals surface area contributed by atoms with Crippen LogP contribution in [0.3, 0.4) is 0 Å². The van der Waals surface area contributed by atoms with Gasteiger partial charge in [0.15, 0.2) is 0 Å². The molecule has 0 radical (unpaired) electrons. The molecule has 0 aromatic heterocycles. The van der Waals surface area contributed by atoms with Gasteiger partial charge in [0.05, 0.1) is 6.61 Å². The number of hydrogen-bond donors (Lipinski definition) is 1. The van der Waals surface area contributed by atoms with Gasteiger partial charge >= 0.3 is 0 Å². The number of benzene rings is 1. The molecule has 2 nitrogen and oxygen atoms in total. The van der Waals surface area contributed by atoms with E-state index in [0.29, 0.717) is 12.0 Å². The van der Waals surface area contributed by atoms with Crippen LogP contribution < -0.4 is 10.1 Å². The fourth-order valence-corrected chi connectivity index (χ4v) is 3.16. The Hall–Kier alpha value is -1.02. The summed E-state index contributed by atoms with van der Waals surface area (Å²) in [4.78, 5) is 0. The van der Waals surface area contributed by atoms with Gasteiger partial charge in [-0.05, 0) is 49.4 Å². The molecule has 0 saturated heterocycles. The number of fused-ring (bicyclic) bond motifs is 1. The molecule has 0 fully saturated rings. The van der Waals surface area contributed by atoms with Crippen molar-refractivity contribution < 1.29 is 4.74 Å². The van der Waals surface area contributed by atoms with Crippen LogP contribution in [0.5, 0.6) is 5.75 Å². The molecule has 1 N–H and O–H groups in total. The molecule has 0 bridgehead atoms. The summed E-state index contributed by atoms with van der Waals surface area (Å²) >= 11 is 0. The van der Waals surface area contributed by atoms with Gasteiger partial charge in [-0.3, -0.25) is 0 Å². The Balaban J connectivity index is 1.98. The smallest absolute Gasteiger partial charge is 0.122 e. The Bertz CT molecular complexity index is 416. The summed E-state index contributed by atoms with van der Waals surface area (Å²) in [6, 6.07) is 7.03. The van der Waals surface area contributed by atoms with Crippen molar-refractivity contribution >= 4 is 0 Å². The van der Waals surface area contributed by atoms with Gasteiger partial charge in [-0.25, -0.2) is 0 Å². The summed E-state index contributed by atoms with van der Waals surface area (Å²) in [6.45, 7) is 5.41. The Morgan fingerprint density at radius 1 is 1.35 bits per heavy atom. The maximum absolute atomic E-state index is 6.16. The molecule has 20 heavy (non-hydrogen) atoms. The van der Waals surface area contributed by atoms with Crippen molar-refractivity contribution in [2.45, 2.75) is 58.4 Å². The highest BCUT2D eigenvalue weighted by atomic mass is 16.5. The van der Waals surface area contributed by atoms with Gasteiger partial charge in [0.1, 0.15) is 5.75 Å². The molecule has 0 aliphatic heterocycles. The van der Waals surface area contributed by atoms with Gasteiger partial charge in [0.2, 0.25) is 0 Å². The monoisotopic (exact) mass is 275 g/mol. The Morgan fingerprint density at radius 2 is 2.20 bits per heavy atom. The fourth-order valence-electron chi connectivity index (χ4n) is 3.16. The van der Waals surface area contributed by atoms with E-state index < -0.39 is 0 Å². The lowest BCUT2D eigenvalue weighted by Crippen LogP contribution is -2.13. The summed E-state index contributed by atoms with van der Waals surface area (Å²) in [5.41, 5.74) is 2.86. The number of unbranched alkanes of at least 4 members (excludes halogenated alkanes) is 1. The lowest BCUT2D eigenvalue weighted by molar-refractivity contribution is 0.231. The Kier molecular flexibility index (Phi) is 5.90. The van der Waals surface area contributed by atoms with Crippen LogP contribution in [0.4, 0.5) is 0 Å².